The van der Waals surface area contributed by atoms with E-state index in [9.17, 15) is 18.0 Å². The summed E-state index contributed by atoms with van der Waals surface area (Å²) in [7, 11) is 1.69. The van der Waals surface area contributed by atoms with E-state index in [4.69, 9.17) is 17.0 Å². The summed E-state index contributed by atoms with van der Waals surface area (Å²) in [5, 5.41) is 8.87. The Kier molecular flexibility index (Phi) is 10.5. The van der Waals surface area contributed by atoms with Gasteiger partial charge in [-0.05, 0) is 49.8 Å². The molecular formula is C21H29F3N4O2S. The maximum Gasteiger partial charge on any atom is 0.420 e. The zero-order valence-electron chi connectivity index (χ0n) is 18.4. The Balaban J connectivity index is 0.00000233. The van der Waals surface area contributed by atoms with Gasteiger partial charge in [0.25, 0.3) is 5.91 Å². The predicted octanol–water partition coefficient (Wildman–Crippen LogP) is 5.47. The normalized spacial score (nSPS) is 10.7. The highest BCUT2D eigenvalue weighted by atomic mass is 32.1. The van der Waals surface area contributed by atoms with Gasteiger partial charge in [-0.3, -0.25) is 14.8 Å². The van der Waals surface area contributed by atoms with Crippen LogP contribution in [0, 0.1) is 6.92 Å². The van der Waals surface area contributed by atoms with Crippen LogP contribution in [0.15, 0.2) is 24.3 Å². The Hall–Kier alpha value is -2.62. The van der Waals surface area contributed by atoms with Crippen LogP contribution >= 0.6 is 12.2 Å². The van der Waals surface area contributed by atoms with Crippen LogP contribution in [0.3, 0.4) is 0 Å². The van der Waals surface area contributed by atoms with Gasteiger partial charge in [0, 0.05) is 18.4 Å². The third-order valence-electron chi connectivity index (χ3n) is 4.12. The number of benzene rings is 1. The Morgan fingerprint density at radius 1 is 1.23 bits per heavy atom. The van der Waals surface area contributed by atoms with Crippen molar-refractivity contribution in [3.05, 3.63) is 41.2 Å². The van der Waals surface area contributed by atoms with Gasteiger partial charge in [0.05, 0.1) is 12.2 Å². The van der Waals surface area contributed by atoms with Crippen LogP contribution in [-0.2, 0) is 13.2 Å². The van der Waals surface area contributed by atoms with Crippen LogP contribution in [0.1, 0.15) is 61.8 Å². The topological polar surface area (TPSA) is 68.2 Å². The van der Waals surface area contributed by atoms with Crippen molar-refractivity contribution in [2.45, 2.75) is 53.1 Å². The molecule has 10 heteroatoms. The second-order valence-corrected chi connectivity index (χ2v) is 6.88. The highest BCUT2D eigenvalue weighted by molar-refractivity contribution is 7.80. The maximum absolute atomic E-state index is 13.4. The second kappa shape index (κ2) is 12.3. The summed E-state index contributed by atoms with van der Waals surface area (Å²) in [6.07, 6.45) is -2.09. The highest BCUT2D eigenvalue weighted by Crippen LogP contribution is 2.38. The van der Waals surface area contributed by atoms with Crippen LogP contribution < -0.4 is 15.4 Å². The molecule has 1 aromatic carbocycles. The number of thiocarbonyl (C=S) groups is 1. The van der Waals surface area contributed by atoms with E-state index in [1.165, 1.54) is 16.8 Å². The lowest BCUT2D eigenvalue weighted by molar-refractivity contribution is -0.138. The first kappa shape index (κ1) is 26.4. The summed E-state index contributed by atoms with van der Waals surface area (Å²) < 4.78 is 47.0. The molecule has 0 fully saturated rings. The molecule has 1 amide bonds. The van der Waals surface area contributed by atoms with E-state index in [1.807, 2.05) is 20.8 Å². The van der Waals surface area contributed by atoms with E-state index in [2.05, 4.69) is 15.7 Å². The van der Waals surface area contributed by atoms with Crippen LogP contribution in [0.4, 0.5) is 18.9 Å². The molecule has 1 aromatic heterocycles. The highest BCUT2D eigenvalue weighted by Gasteiger charge is 2.34. The number of hydrogen-bond donors (Lipinski definition) is 2. The van der Waals surface area contributed by atoms with E-state index in [-0.39, 0.29) is 28.9 Å². The minimum atomic E-state index is -4.59. The quantitative estimate of drug-likeness (QED) is 0.425. The largest absolute Gasteiger partial charge is 0.493 e. The molecule has 6 nitrogen and oxygen atoms in total. The molecule has 0 aliphatic carbocycles. The van der Waals surface area contributed by atoms with Crippen molar-refractivity contribution in [2.24, 2.45) is 7.05 Å². The van der Waals surface area contributed by atoms with Crippen LogP contribution in [0.25, 0.3) is 0 Å². The van der Waals surface area contributed by atoms with Gasteiger partial charge in [-0.25, -0.2) is 0 Å². The average Bonchev–Trinajstić information content (AvgIpc) is 3.05. The molecule has 0 bridgehead atoms. The van der Waals surface area contributed by atoms with E-state index >= 15 is 0 Å². The molecule has 0 saturated carbocycles. The van der Waals surface area contributed by atoms with E-state index < -0.39 is 17.6 Å². The van der Waals surface area contributed by atoms with Gasteiger partial charge in [0.1, 0.15) is 5.75 Å². The van der Waals surface area contributed by atoms with E-state index in [0.29, 0.717) is 6.42 Å². The summed E-state index contributed by atoms with van der Waals surface area (Å²) in [5.41, 5.74) is 0.105. The molecule has 1 heterocycles. The summed E-state index contributed by atoms with van der Waals surface area (Å²) in [5.74, 6) is -0.795. The SMILES string of the molecule is CC.CCCCCOc1ccc(NC(=S)NC(=O)c2cc(C)n(C)n2)cc1C(F)(F)F. The standard InChI is InChI=1S/C19H23F3N4O2S.C2H6/c1-4-5-6-9-28-16-8-7-13(11-14(16)19(20,21)22)23-18(29)24-17(27)15-10-12(2)26(3)25-15;1-2/h7-8,10-11H,4-6,9H2,1-3H3,(H2,23,24,27,29);1-2H3. The lowest BCUT2D eigenvalue weighted by Gasteiger charge is -2.16. The number of amides is 1. The van der Waals surface area contributed by atoms with Gasteiger partial charge in [0.15, 0.2) is 10.8 Å². The number of nitrogens with zero attached hydrogens (tertiary/aromatic N) is 2. The third kappa shape index (κ3) is 8.20. The summed E-state index contributed by atoms with van der Waals surface area (Å²) in [6.45, 7) is 7.99. The molecule has 172 valence electrons. The molecule has 0 aliphatic heterocycles. The lowest BCUT2D eigenvalue weighted by atomic mass is 10.1. The molecule has 2 N–H and O–H groups in total. The van der Waals surface area contributed by atoms with Crippen molar-refractivity contribution >= 4 is 28.9 Å². The van der Waals surface area contributed by atoms with Gasteiger partial charge in [-0.15, -0.1) is 0 Å². The number of halogens is 3. The molecule has 0 spiro atoms. The summed E-state index contributed by atoms with van der Waals surface area (Å²) in [4.78, 5) is 12.1. The number of alkyl halides is 3. The monoisotopic (exact) mass is 458 g/mol. The van der Waals surface area contributed by atoms with Crippen LogP contribution in [0.2, 0.25) is 0 Å². The molecule has 0 unspecified atom stereocenters. The third-order valence-corrected chi connectivity index (χ3v) is 4.33. The Bertz CT molecular complexity index is 862. The average molecular weight is 459 g/mol. The molecule has 2 rings (SSSR count). The van der Waals surface area contributed by atoms with Crippen molar-refractivity contribution in [3.63, 3.8) is 0 Å². The minimum Gasteiger partial charge on any atom is -0.493 e. The molecule has 0 atom stereocenters. The smallest absolute Gasteiger partial charge is 0.420 e. The molecule has 2 aromatic rings. The molecule has 0 saturated heterocycles. The van der Waals surface area contributed by atoms with Gasteiger partial charge >= 0.3 is 6.18 Å². The van der Waals surface area contributed by atoms with Crippen LogP contribution in [-0.4, -0.2) is 27.4 Å². The zero-order chi connectivity index (χ0) is 23.6. The fourth-order valence-electron chi connectivity index (χ4n) is 2.49. The van der Waals surface area contributed by atoms with Gasteiger partial charge in [0.2, 0.25) is 0 Å². The van der Waals surface area contributed by atoms with Crippen molar-refractivity contribution < 1.29 is 22.7 Å². The van der Waals surface area contributed by atoms with Crippen molar-refractivity contribution in [1.82, 2.24) is 15.1 Å². The number of carbonyl (C=O) groups is 1. The molecule has 31 heavy (non-hydrogen) atoms. The zero-order valence-corrected chi connectivity index (χ0v) is 19.2. The fraction of sp³-hybridized carbons (Fsp3) is 0.476. The van der Waals surface area contributed by atoms with Crippen molar-refractivity contribution in [3.8, 4) is 5.75 Å². The Labute approximate surface area is 186 Å². The Morgan fingerprint density at radius 2 is 1.90 bits per heavy atom. The number of rotatable bonds is 7. The Morgan fingerprint density at radius 3 is 2.45 bits per heavy atom. The number of nitrogens with one attached hydrogen (secondary N) is 2. The number of ether oxygens (including phenoxy) is 1. The lowest BCUT2D eigenvalue weighted by Crippen LogP contribution is -2.34. The van der Waals surface area contributed by atoms with Gasteiger partial charge in [-0.1, -0.05) is 33.6 Å². The first-order valence-corrected chi connectivity index (χ1v) is 10.5. The van der Waals surface area contributed by atoms with Gasteiger partial charge < -0.3 is 10.1 Å². The summed E-state index contributed by atoms with van der Waals surface area (Å²) >= 11 is 5.03. The number of anilines is 1. The second-order valence-electron chi connectivity index (χ2n) is 6.47. The fourth-order valence-corrected chi connectivity index (χ4v) is 2.70. The molecule has 0 radical (unpaired) electrons. The maximum atomic E-state index is 13.4. The van der Waals surface area contributed by atoms with Gasteiger partial charge in [-0.2, -0.15) is 18.3 Å². The molecule has 0 aliphatic rings. The van der Waals surface area contributed by atoms with E-state index in [1.54, 1.807) is 20.0 Å². The number of unbranched alkanes of at least 4 members (excludes halogenated alkanes) is 2. The molecular weight excluding hydrogens is 429 g/mol. The number of aromatic nitrogens is 2. The van der Waals surface area contributed by atoms with Crippen molar-refractivity contribution in [2.75, 3.05) is 11.9 Å². The number of hydrogen-bond acceptors (Lipinski definition) is 4. The van der Waals surface area contributed by atoms with Crippen LogP contribution in [0.5, 0.6) is 5.75 Å². The predicted molar refractivity (Wildman–Crippen MR) is 119 cm³/mol. The first-order valence-electron chi connectivity index (χ1n) is 10.1. The minimum absolute atomic E-state index is 0.0840. The first-order chi connectivity index (χ1) is 14.6. The number of aryl methyl sites for hydroxylation is 2. The number of carbonyl (C=O) groups excluding carboxylic acids is 1. The van der Waals surface area contributed by atoms with E-state index in [0.717, 1.165) is 24.6 Å². The van der Waals surface area contributed by atoms with Crippen molar-refractivity contribution in [1.29, 1.82) is 0 Å². The summed E-state index contributed by atoms with van der Waals surface area (Å²) in [6, 6.07) is 5.13.